The van der Waals surface area contributed by atoms with Crippen molar-refractivity contribution < 1.29 is 4.74 Å². The van der Waals surface area contributed by atoms with Gasteiger partial charge in [0.15, 0.2) is 0 Å². The van der Waals surface area contributed by atoms with Crippen LogP contribution >= 0.6 is 11.3 Å². The Morgan fingerprint density at radius 2 is 2.00 bits per heavy atom. The van der Waals surface area contributed by atoms with E-state index in [0.717, 1.165) is 29.2 Å². The molecule has 0 radical (unpaired) electrons. The zero-order chi connectivity index (χ0) is 15.4. The third kappa shape index (κ3) is 3.26. The summed E-state index contributed by atoms with van der Waals surface area (Å²) in [5, 5.41) is 4.52. The lowest BCUT2D eigenvalue weighted by Crippen LogP contribution is -2.05. The van der Waals surface area contributed by atoms with Crippen LogP contribution in [0.2, 0.25) is 0 Å². The van der Waals surface area contributed by atoms with Crippen molar-refractivity contribution in [1.29, 1.82) is 0 Å². The molecule has 2 aromatic heterocycles. The molecular formula is C17H19N3OS. The summed E-state index contributed by atoms with van der Waals surface area (Å²) in [6.45, 7) is 6.20. The van der Waals surface area contributed by atoms with Gasteiger partial charge in [-0.25, -0.2) is 9.97 Å². The van der Waals surface area contributed by atoms with Gasteiger partial charge in [-0.2, -0.15) is 0 Å². The summed E-state index contributed by atoms with van der Waals surface area (Å²) in [6, 6.07) is 10.5. The SMILES string of the molecule is CCOCc1ccccc1CNc1ncnc2sc(C)cc12. The van der Waals surface area contributed by atoms with Crippen molar-refractivity contribution in [3.05, 3.63) is 52.7 Å². The number of anilines is 1. The molecule has 3 rings (SSSR count). The van der Waals surface area contributed by atoms with E-state index in [1.54, 1.807) is 17.7 Å². The van der Waals surface area contributed by atoms with E-state index >= 15 is 0 Å². The van der Waals surface area contributed by atoms with Gasteiger partial charge in [0.2, 0.25) is 0 Å². The molecule has 22 heavy (non-hydrogen) atoms. The number of rotatable bonds is 6. The second-order valence-corrected chi connectivity index (χ2v) is 6.29. The molecule has 0 bridgehead atoms. The summed E-state index contributed by atoms with van der Waals surface area (Å²) in [5.41, 5.74) is 2.44. The normalized spacial score (nSPS) is 11.0. The van der Waals surface area contributed by atoms with Crippen molar-refractivity contribution in [1.82, 2.24) is 9.97 Å². The Hall–Kier alpha value is -1.98. The number of aryl methyl sites for hydroxylation is 1. The first-order valence-corrected chi connectivity index (χ1v) is 8.19. The molecular weight excluding hydrogens is 294 g/mol. The quantitative estimate of drug-likeness (QED) is 0.742. The average molecular weight is 313 g/mol. The van der Waals surface area contributed by atoms with Crippen molar-refractivity contribution in [2.24, 2.45) is 0 Å². The van der Waals surface area contributed by atoms with Gasteiger partial charge in [0.25, 0.3) is 0 Å². The van der Waals surface area contributed by atoms with Crippen molar-refractivity contribution >= 4 is 27.4 Å². The molecule has 2 heterocycles. The number of ether oxygens (including phenoxy) is 1. The highest BCUT2D eigenvalue weighted by Crippen LogP contribution is 2.27. The number of nitrogens with one attached hydrogen (secondary N) is 1. The van der Waals surface area contributed by atoms with Crippen LogP contribution in [0.15, 0.2) is 36.7 Å². The minimum absolute atomic E-state index is 0.644. The molecule has 0 fully saturated rings. The van der Waals surface area contributed by atoms with Crippen LogP contribution in [0.5, 0.6) is 0 Å². The van der Waals surface area contributed by atoms with Gasteiger partial charge in [0, 0.05) is 18.0 Å². The van der Waals surface area contributed by atoms with Gasteiger partial charge in [0.1, 0.15) is 17.0 Å². The van der Waals surface area contributed by atoms with Gasteiger partial charge in [0.05, 0.1) is 12.0 Å². The zero-order valence-electron chi connectivity index (χ0n) is 12.8. The second kappa shape index (κ2) is 6.85. The van der Waals surface area contributed by atoms with Crippen LogP contribution in [-0.4, -0.2) is 16.6 Å². The van der Waals surface area contributed by atoms with Gasteiger partial charge in [-0.1, -0.05) is 24.3 Å². The van der Waals surface area contributed by atoms with E-state index in [9.17, 15) is 0 Å². The number of benzene rings is 1. The average Bonchev–Trinajstić information content (AvgIpc) is 2.92. The monoisotopic (exact) mass is 313 g/mol. The number of hydrogen-bond acceptors (Lipinski definition) is 5. The van der Waals surface area contributed by atoms with Gasteiger partial charge in [-0.3, -0.25) is 0 Å². The molecule has 4 nitrogen and oxygen atoms in total. The minimum atomic E-state index is 0.644. The Balaban J connectivity index is 1.79. The number of hydrogen-bond donors (Lipinski definition) is 1. The van der Waals surface area contributed by atoms with Gasteiger partial charge in [-0.05, 0) is 31.0 Å². The van der Waals surface area contributed by atoms with E-state index < -0.39 is 0 Å². The molecule has 0 aliphatic heterocycles. The van der Waals surface area contributed by atoms with Crippen LogP contribution in [-0.2, 0) is 17.9 Å². The molecule has 0 atom stereocenters. The molecule has 0 aliphatic carbocycles. The summed E-state index contributed by atoms with van der Waals surface area (Å²) in [4.78, 5) is 11.0. The smallest absolute Gasteiger partial charge is 0.138 e. The van der Waals surface area contributed by atoms with E-state index in [0.29, 0.717) is 6.61 Å². The standard InChI is InChI=1S/C17H19N3OS/c1-3-21-10-14-7-5-4-6-13(14)9-18-16-15-8-12(2)22-17(15)20-11-19-16/h4-8,11H,3,9-10H2,1-2H3,(H,18,19,20). The Morgan fingerprint density at radius 3 is 2.82 bits per heavy atom. The summed E-state index contributed by atoms with van der Waals surface area (Å²) < 4.78 is 5.53. The first-order chi connectivity index (χ1) is 10.8. The van der Waals surface area contributed by atoms with Crippen LogP contribution < -0.4 is 5.32 Å². The van der Waals surface area contributed by atoms with Crippen LogP contribution in [0.25, 0.3) is 10.2 Å². The Labute approximate surface area is 134 Å². The molecule has 0 spiro atoms. The van der Waals surface area contributed by atoms with Crippen molar-refractivity contribution in [3.63, 3.8) is 0 Å². The lowest BCUT2D eigenvalue weighted by Gasteiger charge is -2.11. The molecule has 3 aromatic rings. The molecule has 0 saturated heterocycles. The van der Waals surface area contributed by atoms with Gasteiger partial charge in [-0.15, -0.1) is 11.3 Å². The maximum absolute atomic E-state index is 5.53. The Morgan fingerprint density at radius 1 is 1.18 bits per heavy atom. The third-order valence-electron chi connectivity index (χ3n) is 3.48. The van der Waals surface area contributed by atoms with E-state index in [1.165, 1.54) is 16.0 Å². The molecule has 1 N–H and O–H groups in total. The topological polar surface area (TPSA) is 47.0 Å². The Bertz CT molecular complexity index is 769. The summed E-state index contributed by atoms with van der Waals surface area (Å²) in [5.74, 6) is 0.889. The number of aromatic nitrogens is 2. The molecule has 0 amide bonds. The van der Waals surface area contributed by atoms with Crippen LogP contribution in [0.3, 0.4) is 0 Å². The number of fused-ring (bicyclic) bond motifs is 1. The van der Waals surface area contributed by atoms with E-state index in [2.05, 4.69) is 46.5 Å². The zero-order valence-corrected chi connectivity index (χ0v) is 13.6. The number of thiophene rings is 1. The number of nitrogens with zero attached hydrogens (tertiary/aromatic N) is 2. The van der Waals surface area contributed by atoms with Crippen LogP contribution in [0.4, 0.5) is 5.82 Å². The van der Waals surface area contributed by atoms with Crippen molar-refractivity contribution in [2.75, 3.05) is 11.9 Å². The molecule has 0 aliphatic rings. The fourth-order valence-electron chi connectivity index (χ4n) is 2.38. The highest BCUT2D eigenvalue weighted by molar-refractivity contribution is 7.18. The lowest BCUT2D eigenvalue weighted by atomic mass is 10.1. The largest absolute Gasteiger partial charge is 0.377 e. The fourth-order valence-corrected chi connectivity index (χ4v) is 3.23. The molecule has 5 heteroatoms. The summed E-state index contributed by atoms with van der Waals surface area (Å²) >= 11 is 1.69. The highest BCUT2D eigenvalue weighted by atomic mass is 32.1. The first kappa shape index (κ1) is 14.9. The Kier molecular flexibility index (Phi) is 4.65. The first-order valence-electron chi connectivity index (χ1n) is 7.37. The van der Waals surface area contributed by atoms with E-state index in [-0.39, 0.29) is 0 Å². The third-order valence-corrected chi connectivity index (χ3v) is 4.44. The fraction of sp³-hybridized carbons (Fsp3) is 0.294. The lowest BCUT2D eigenvalue weighted by molar-refractivity contribution is 0.133. The maximum atomic E-state index is 5.53. The van der Waals surface area contributed by atoms with Gasteiger partial charge < -0.3 is 10.1 Å². The molecule has 0 saturated carbocycles. The maximum Gasteiger partial charge on any atom is 0.138 e. The minimum Gasteiger partial charge on any atom is -0.377 e. The van der Waals surface area contributed by atoms with Crippen molar-refractivity contribution in [2.45, 2.75) is 27.0 Å². The van der Waals surface area contributed by atoms with Crippen LogP contribution in [0, 0.1) is 6.92 Å². The van der Waals surface area contributed by atoms with E-state index in [4.69, 9.17) is 4.74 Å². The van der Waals surface area contributed by atoms with Crippen LogP contribution in [0.1, 0.15) is 22.9 Å². The highest BCUT2D eigenvalue weighted by Gasteiger charge is 2.08. The molecule has 0 unspecified atom stereocenters. The second-order valence-electron chi connectivity index (χ2n) is 5.06. The molecule has 1 aromatic carbocycles. The summed E-state index contributed by atoms with van der Waals surface area (Å²) in [7, 11) is 0. The van der Waals surface area contributed by atoms with E-state index in [1.807, 2.05) is 13.0 Å². The van der Waals surface area contributed by atoms with Gasteiger partial charge >= 0.3 is 0 Å². The summed E-state index contributed by atoms with van der Waals surface area (Å²) in [6.07, 6.45) is 1.62. The molecule has 114 valence electrons. The predicted molar refractivity (Wildman–Crippen MR) is 91.3 cm³/mol. The van der Waals surface area contributed by atoms with Crippen molar-refractivity contribution in [3.8, 4) is 0 Å². The predicted octanol–water partition coefficient (Wildman–Crippen LogP) is 4.15.